The fourth-order valence-electron chi connectivity index (χ4n) is 2.22. The van der Waals surface area contributed by atoms with Crippen LogP contribution >= 0.6 is 0 Å². The molecule has 3 amide bonds. The van der Waals surface area contributed by atoms with Crippen molar-refractivity contribution in [3.63, 3.8) is 0 Å². The molecule has 6 radical (unpaired) electrons. The summed E-state index contributed by atoms with van der Waals surface area (Å²) >= 11 is 0. The number of anilines is 1. The van der Waals surface area contributed by atoms with Crippen molar-refractivity contribution >= 4 is 41.2 Å². The first-order chi connectivity index (χ1) is 12.3. The predicted molar refractivity (Wildman–Crippen MR) is 94.7 cm³/mol. The van der Waals surface area contributed by atoms with Crippen molar-refractivity contribution in [2.75, 3.05) is 11.4 Å². The molecule has 8 nitrogen and oxygen atoms in total. The number of benzene rings is 1. The van der Waals surface area contributed by atoms with Crippen LogP contribution in [0.1, 0.15) is 6.42 Å². The maximum Gasteiger partial charge on any atom is 0.328 e. The van der Waals surface area contributed by atoms with Gasteiger partial charge in [0.2, 0.25) is 5.91 Å². The summed E-state index contributed by atoms with van der Waals surface area (Å²) < 4.78 is 10.7. The number of imide groups is 1. The number of carbonyl (C=O) groups excluding carboxylic acids is 2. The van der Waals surface area contributed by atoms with Gasteiger partial charge in [-0.25, -0.2) is 14.8 Å². The summed E-state index contributed by atoms with van der Waals surface area (Å²) in [7, 11) is 16.2. The van der Waals surface area contributed by atoms with Crippen molar-refractivity contribution in [3.8, 4) is 17.5 Å². The number of amides is 3. The topological polar surface area (TPSA) is 93.7 Å². The lowest BCUT2D eigenvalue weighted by Crippen LogP contribution is -2.49. The number of hydrogen-bond donors (Lipinski definition) is 1. The van der Waals surface area contributed by atoms with E-state index in [2.05, 4.69) is 15.3 Å². The van der Waals surface area contributed by atoms with Gasteiger partial charge in [0.15, 0.2) is 0 Å². The molecule has 0 atom stereocenters. The molecule has 1 aromatic carbocycles. The third-order valence-corrected chi connectivity index (χ3v) is 3.29. The van der Waals surface area contributed by atoms with Crippen LogP contribution < -0.4 is 19.7 Å². The van der Waals surface area contributed by atoms with Gasteiger partial charge in [0.05, 0.1) is 18.1 Å². The van der Waals surface area contributed by atoms with Crippen LogP contribution in [0.15, 0.2) is 36.7 Å². The van der Waals surface area contributed by atoms with Crippen molar-refractivity contribution < 1.29 is 19.1 Å². The molecule has 1 fully saturated rings. The minimum absolute atomic E-state index is 0.0545. The van der Waals surface area contributed by atoms with Gasteiger partial charge in [-0.2, -0.15) is 0 Å². The van der Waals surface area contributed by atoms with Gasteiger partial charge in [-0.05, 0) is 17.4 Å². The molecule has 11 heteroatoms. The minimum atomic E-state index is -1.81. The summed E-state index contributed by atoms with van der Waals surface area (Å²) in [5, 5.41) is 0.411. The van der Waals surface area contributed by atoms with Crippen molar-refractivity contribution in [1.82, 2.24) is 15.3 Å². The van der Waals surface area contributed by atoms with Crippen molar-refractivity contribution in [2.24, 2.45) is 0 Å². The monoisotopic (exact) mass is 344 g/mol. The summed E-state index contributed by atoms with van der Waals surface area (Å²) in [6.07, 6.45) is 3.05. The van der Waals surface area contributed by atoms with E-state index in [0.29, 0.717) is 17.2 Å². The van der Waals surface area contributed by atoms with E-state index in [4.69, 9.17) is 33.0 Å². The average molecular weight is 344 g/mol. The maximum atomic E-state index is 11.8. The molecular weight excluding hydrogens is 333 g/mol. The number of nitrogens with one attached hydrogen (secondary N) is 1. The summed E-state index contributed by atoms with van der Waals surface area (Å²) in [5.41, 5.74) is 0.443. The predicted octanol–water partition coefficient (Wildman–Crippen LogP) is 0.211. The molecule has 1 aliphatic heterocycles. The molecule has 0 saturated carbocycles. The quantitative estimate of drug-likeness (QED) is 0.780. The Balaban J connectivity index is 1.69. The second-order valence-electron chi connectivity index (χ2n) is 5.51. The van der Waals surface area contributed by atoms with E-state index in [-0.39, 0.29) is 24.9 Å². The first-order valence-corrected chi connectivity index (χ1v) is 7.57. The molecule has 1 aliphatic rings. The fourth-order valence-corrected chi connectivity index (χ4v) is 2.22. The molecule has 124 valence electrons. The lowest BCUT2D eigenvalue weighted by Gasteiger charge is -2.25. The molecule has 26 heavy (non-hydrogen) atoms. The Bertz CT molecular complexity index is 826. The highest BCUT2D eigenvalue weighted by Gasteiger charge is 2.24. The smallest absolute Gasteiger partial charge is 0.328 e. The van der Waals surface area contributed by atoms with Crippen LogP contribution in [0.3, 0.4) is 0 Å². The van der Waals surface area contributed by atoms with E-state index in [9.17, 15) is 9.59 Å². The second kappa shape index (κ2) is 7.11. The van der Waals surface area contributed by atoms with Crippen LogP contribution in [-0.4, -0.2) is 57.3 Å². The zero-order valence-electron chi connectivity index (χ0n) is 13.6. The molecular formula is C15H11B3N4O4. The van der Waals surface area contributed by atoms with Gasteiger partial charge in [0.25, 0.3) is 0 Å². The van der Waals surface area contributed by atoms with E-state index in [1.807, 2.05) is 0 Å². The lowest BCUT2D eigenvalue weighted by molar-refractivity contribution is -0.120. The van der Waals surface area contributed by atoms with Gasteiger partial charge in [0, 0.05) is 19.0 Å². The molecule has 0 aliphatic carbocycles. The van der Waals surface area contributed by atoms with Gasteiger partial charge < -0.3 is 9.47 Å². The number of aromatic nitrogens is 2. The molecule has 0 spiro atoms. The van der Waals surface area contributed by atoms with Crippen LogP contribution in [0.4, 0.5) is 10.5 Å². The Morgan fingerprint density at radius 3 is 2.46 bits per heavy atom. The zero-order chi connectivity index (χ0) is 18.7. The largest absolute Gasteiger partial charge is 0.516 e. The number of urea groups is 1. The Morgan fingerprint density at radius 2 is 1.81 bits per heavy atom. The highest BCUT2D eigenvalue weighted by Crippen LogP contribution is 2.25. The number of carbonyl (C=O) groups is 2. The molecule has 3 rings (SSSR count). The summed E-state index contributed by atoms with van der Waals surface area (Å²) in [4.78, 5) is 32.4. The Morgan fingerprint density at radius 1 is 1.12 bits per heavy atom. The van der Waals surface area contributed by atoms with Gasteiger partial charge >= 0.3 is 12.0 Å². The van der Waals surface area contributed by atoms with Gasteiger partial charge in [0.1, 0.15) is 35.0 Å². The Hall–Kier alpha value is -2.97. The number of nitrogens with zero attached hydrogens (tertiary/aromatic N) is 3. The molecule has 2 aromatic rings. The van der Waals surface area contributed by atoms with Crippen molar-refractivity contribution in [1.29, 1.82) is 0 Å². The summed E-state index contributed by atoms with van der Waals surface area (Å²) in [6, 6.07) is 5.96. The van der Waals surface area contributed by atoms with Crippen LogP contribution in [0.2, 0.25) is 0 Å². The van der Waals surface area contributed by atoms with Crippen LogP contribution in [-0.2, 0) is 4.79 Å². The third kappa shape index (κ3) is 4.56. The Kier molecular flexibility index (Phi) is 4.88. The maximum absolute atomic E-state index is 11.8. The summed E-state index contributed by atoms with van der Waals surface area (Å²) in [6.45, 7) is 0.257. The number of rotatable bonds is 5. The van der Waals surface area contributed by atoms with Gasteiger partial charge in [-0.1, -0.05) is 6.07 Å². The molecule has 1 aromatic heterocycles. The van der Waals surface area contributed by atoms with Gasteiger partial charge in [-0.15, -0.1) is 0 Å². The molecule has 1 saturated heterocycles. The average Bonchev–Trinajstić information content (AvgIpc) is 2.55. The van der Waals surface area contributed by atoms with Crippen LogP contribution in [0.5, 0.6) is 17.5 Å². The fraction of sp³-hybridized carbons (Fsp3) is 0.200. The van der Waals surface area contributed by atoms with Crippen LogP contribution in [0, 0.1) is 0 Å². The van der Waals surface area contributed by atoms with E-state index < -0.39 is 11.3 Å². The van der Waals surface area contributed by atoms with Crippen molar-refractivity contribution in [3.05, 3.63) is 36.7 Å². The Labute approximate surface area is 153 Å². The van der Waals surface area contributed by atoms with Gasteiger partial charge in [-0.3, -0.25) is 15.0 Å². The zero-order valence-corrected chi connectivity index (χ0v) is 13.6. The molecule has 0 bridgehead atoms. The van der Waals surface area contributed by atoms with Crippen molar-refractivity contribution in [2.45, 2.75) is 11.7 Å². The second-order valence-corrected chi connectivity index (χ2v) is 5.51. The number of ether oxygens (including phenoxy) is 2. The molecule has 1 N–H and O–H groups in total. The number of hydrogen-bond acceptors (Lipinski definition) is 6. The lowest BCUT2D eigenvalue weighted by atomic mass is 9.52. The minimum Gasteiger partial charge on any atom is -0.516 e. The molecule has 2 heterocycles. The van der Waals surface area contributed by atoms with E-state index >= 15 is 0 Å². The first-order valence-electron chi connectivity index (χ1n) is 7.57. The standard InChI is InChI=1S/C15H11B3N4O4/c16-15(17,18)26-11-3-1-2-10(6-11)25-13-19-7-9(8-20-13)22-5-4-12(23)21-14(22)24/h1-3,6-8H,4-5H2,(H,21,23,24). The van der Waals surface area contributed by atoms with E-state index in [1.54, 1.807) is 18.2 Å². The van der Waals surface area contributed by atoms with E-state index in [0.717, 1.165) is 0 Å². The SMILES string of the molecule is [B]C([B])([B])Oc1cccc(Oc2ncc(N3CCC(=O)NC3=O)cn2)c1. The highest BCUT2D eigenvalue weighted by molar-refractivity contribution is 6.58. The third-order valence-electron chi connectivity index (χ3n) is 3.29. The first kappa shape index (κ1) is 17.8. The van der Waals surface area contributed by atoms with E-state index in [1.165, 1.54) is 23.4 Å². The normalized spacial score (nSPS) is 14.7. The van der Waals surface area contributed by atoms with Crippen LogP contribution in [0.25, 0.3) is 0 Å². The highest BCUT2D eigenvalue weighted by atomic mass is 16.5. The molecule has 0 unspecified atom stereocenters. The summed E-state index contributed by atoms with van der Waals surface area (Å²) in [5.74, 6) is 0.368.